The van der Waals surface area contributed by atoms with Crippen molar-refractivity contribution < 1.29 is 63.1 Å². The molecule has 14 heteroatoms. The Labute approximate surface area is 416 Å². The van der Waals surface area contributed by atoms with Gasteiger partial charge in [-0.05, 0) is 89.9 Å². The van der Waals surface area contributed by atoms with Crippen molar-refractivity contribution in [3.63, 3.8) is 0 Å². The van der Waals surface area contributed by atoms with E-state index in [4.69, 9.17) is 18.5 Å². The molecule has 6 unspecified atom stereocenters. The average Bonchev–Trinajstić information content (AvgIpc) is 3.33. The number of hydrogen-bond donors (Lipinski definition) is 6. The topological polar surface area (TPSA) is 210 Å². The molecule has 1 saturated carbocycles. The van der Waals surface area contributed by atoms with Crippen molar-refractivity contribution in [1.82, 2.24) is 0 Å². The first kappa shape index (κ1) is 64.0. The normalized spacial score (nSPS) is 21.6. The van der Waals surface area contributed by atoms with E-state index >= 15 is 0 Å². The summed E-state index contributed by atoms with van der Waals surface area (Å²) in [5.74, 6) is -1.15. The van der Waals surface area contributed by atoms with E-state index in [2.05, 4.69) is 98.9 Å². The molecule has 1 aliphatic carbocycles. The van der Waals surface area contributed by atoms with E-state index in [0.29, 0.717) is 12.8 Å². The van der Waals surface area contributed by atoms with Crippen LogP contribution in [0.25, 0.3) is 0 Å². The van der Waals surface area contributed by atoms with Gasteiger partial charge in [0.25, 0.3) is 0 Å². The molecular weight excluding hydrogens is 900 g/mol. The number of carbonyl (C=O) groups is 2. The van der Waals surface area contributed by atoms with Gasteiger partial charge in [0.15, 0.2) is 6.10 Å². The summed E-state index contributed by atoms with van der Waals surface area (Å²) in [5.41, 5.74) is 0. The standard InChI is InChI=1S/C55H93O13P/c1-3-5-7-9-11-13-15-17-19-21-23-24-26-27-29-31-33-35-37-39-41-43-48(56)65-45-47(46-66-69(63,64)68-55-53(61)51(59)50(58)52(60)54(55)62)67-49(57)44-42-40-38-36-34-32-30-28-25-22-20-18-16-14-12-10-8-6-4-2/h6,8,12,14-15,17-18,20-21,23,25,28,32,34,47,50-55,58-62H,3-5,7,9-11,13,16,19,22,24,26-27,29-31,33,35-46H2,1-2H3,(H,63,64)/b8-6-,14-12-,17-15-,20-18-,23-21-,28-25-,34-32-. The Morgan fingerprint density at radius 2 is 0.826 bits per heavy atom. The molecule has 0 aliphatic heterocycles. The molecule has 6 atom stereocenters. The SMILES string of the molecule is CC/C=C\C/C=C\C/C=C\C/C=C\C/C=C\CCCCCC(=O)OC(COC(=O)CCCCCCCCCCC/C=C\C/C=C\CCCCCCC)COP(=O)(O)OC1C(O)C(O)C(O)C(O)C1O. The smallest absolute Gasteiger partial charge is 0.462 e. The maximum absolute atomic E-state index is 12.9. The molecule has 396 valence electrons. The van der Waals surface area contributed by atoms with Crippen LogP contribution >= 0.6 is 7.82 Å². The second-order valence-electron chi connectivity index (χ2n) is 18.0. The summed E-state index contributed by atoms with van der Waals surface area (Å²) in [5, 5.41) is 50.3. The predicted molar refractivity (Wildman–Crippen MR) is 276 cm³/mol. The maximum Gasteiger partial charge on any atom is 0.472 e. The fraction of sp³-hybridized carbons (Fsp3) is 0.709. The number of phosphoric ester groups is 1. The van der Waals surface area contributed by atoms with Crippen molar-refractivity contribution in [3.05, 3.63) is 85.1 Å². The minimum Gasteiger partial charge on any atom is -0.462 e. The molecule has 0 saturated heterocycles. The molecule has 1 fully saturated rings. The Morgan fingerprint density at radius 1 is 0.464 bits per heavy atom. The Bertz CT molecular complexity index is 1520. The first-order valence-electron chi connectivity index (χ1n) is 26.4. The van der Waals surface area contributed by atoms with Gasteiger partial charge in [0.2, 0.25) is 0 Å². The number of aliphatic hydroxyl groups is 5. The van der Waals surface area contributed by atoms with E-state index in [1.807, 2.05) is 0 Å². The van der Waals surface area contributed by atoms with Gasteiger partial charge >= 0.3 is 19.8 Å². The second kappa shape index (κ2) is 43.8. The van der Waals surface area contributed by atoms with E-state index in [1.54, 1.807) is 0 Å². The van der Waals surface area contributed by atoms with Gasteiger partial charge in [-0.15, -0.1) is 0 Å². The van der Waals surface area contributed by atoms with Gasteiger partial charge in [-0.1, -0.05) is 176 Å². The average molecular weight is 993 g/mol. The minimum absolute atomic E-state index is 0.0523. The molecule has 0 aromatic heterocycles. The van der Waals surface area contributed by atoms with Gasteiger partial charge in [-0.2, -0.15) is 0 Å². The highest BCUT2D eigenvalue weighted by Gasteiger charge is 2.51. The number of carbonyl (C=O) groups excluding carboxylic acids is 2. The number of ether oxygens (including phenoxy) is 2. The second-order valence-corrected chi connectivity index (χ2v) is 19.4. The van der Waals surface area contributed by atoms with Crippen molar-refractivity contribution in [2.24, 2.45) is 0 Å². The van der Waals surface area contributed by atoms with Crippen molar-refractivity contribution in [2.45, 2.75) is 236 Å². The van der Waals surface area contributed by atoms with Crippen LogP contribution in [-0.2, 0) is 32.7 Å². The van der Waals surface area contributed by atoms with E-state index in [-0.39, 0.29) is 12.8 Å². The van der Waals surface area contributed by atoms with Crippen molar-refractivity contribution in [3.8, 4) is 0 Å². The van der Waals surface area contributed by atoms with E-state index in [9.17, 15) is 44.6 Å². The molecule has 1 aliphatic rings. The maximum atomic E-state index is 12.9. The Morgan fingerprint density at radius 3 is 1.28 bits per heavy atom. The Hall–Kier alpha value is -2.97. The number of rotatable bonds is 43. The summed E-state index contributed by atoms with van der Waals surface area (Å²) in [6.07, 6.45) is 44.8. The number of phosphoric acid groups is 1. The summed E-state index contributed by atoms with van der Waals surface area (Å²) in [7, 11) is -5.14. The minimum atomic E-state index is -5.14. The van der Waals surface area contributed by atoms with Crippen LogP contribution in [0, 0.1) is 0 Å². The molecule has 0 aromatic rings. The van der Waals surface area contributed by atoms with Crippen LogP contribution < -0.4 is 0 Å². The highest BCUT2D eigenvalue weighted by Crippen LogP contribution is 2.47. The Kier molecular flexibility index (Phi) is 40.6. The third-order valence-electron chi connectivity index (χ3n) is 11.7. The van der Waals surface area contributed by atoms with Gasteiger partial charge in [0.1, 0.15) is 43.2 Å². The number of unbranched alkanes of at least 4 members (excludes halogenated alkanes) is 17. The summed E-state index contributed by atoms with van der Waals surface area (Å²) in [4.78, 5) is 35.9. The third kappa shape index (κ3) is 35.7. The monoisotopic (exact) mass is 993 g/mol. The van der Waals surface area contributed by atoms with Crippen LogP contribution in [0.5, 0.6) is 0 Å². The molecule has 0 bridgehead atoms. The zero-order chi connectivity index (χ0) is 50.6. The van der Waals surface area contributed by atoms with Gasteiger partial charge in [-0.3, -0.25) is 18.6 Å². The van der Waals surface area contributed by atoms with Crippen LogP contribution in [0.3, 0.4) is 0 Å². The molecular formula is C55H93O13P. The molecule has 6 N–H and O–H groups in total. The fourth-order valence-electron chi connectivity index (χ4n) is 7.52. The largest absolute Gasteiger partial charge is 0.472 e. The summed E-state index contributed by atoms with van der Waals surface area (Å²) >= 11 is 0. The molecule has 0 spiro atoms. The Balaban J connectivity index is 2.42. The van der Waals surface area contributed by atoms with Crippen LogP contribution in [0.1, 0.15) is 194 Å². The summed E-state index contributed by atoms with van der Waals surface area (Å²) < 4.78 is 33.6. The summed E-state index contributed by atoms with van der Waals surface area (Å²) in [6.45, 7) is 3.16. The molecule has 0 aromatic carbocycles. The van der Waals surface area contributed by atoms with Crippen LogP contribution in [0.4, 0.5) is 0 Å². The van der Waals surface area contributed by atoms with Crippen molar-refractivity contribution in [2.75, 3.05) is 13.2 Å². The van der Waals surface area contributed by atoms with Gasteiger partial charge in [-0.25, -0.2) is 4.57 Å². The lowest BCUT2D eigenvalue weighted by atomic mass is 9.85. The third-order valence-corrected chi connectivity index (χ3v) is 12.7. The molecule has 69 heavy (non-hydrogen) atoms. The summed E-state index contributed by atoms with van der Waals surface area (Å²) in [6, 6.07) is 0. The van der Waals surface area contributed by atoms with Crippen molar-refractivity contribution >= 4 is 19.8 Å². The molecule has 13 nitrogen and oxygen atoms in total. The molecule has 0 amide bonds. The van der Waals surface area contributed by atoms with E-state index < -0.39 is 75.7 Å². The molecule has 1 rings (SSSR count). The van der Waals surface area contributed by atoms with Crippen LogP contribution in [-0.4, -0.2) is 98.3 Å². The van der Waals surface area contributed by atoms with E-state index in [1.165, 1.54) is 64.2 Å². The predicted octanol–water partition coefficient (Wildman–Crippen LogP) is 11.6. The number of allylic oxidation sites excluding steroid dienone is 14. The highest BCUT2D eigenvalue weighted by atomic mass is 31.2. The lowest BCUT2D eigenvalue weighted by molar-refractivity contribution is -0.220. The van der Waals surface area contributed by atoms with Gasteiger partial charge in [0, 0.05) is 12.8 Å². The van der Waals surface area contributed by atoms with Crippen LogP contribution in [0.15, 0.2) is 85.1 Å². The van der Waals surface area contributed by atoms with E-state index in [0.717, 1.165) is 89.9 Å². The van der Waals surface area contributed by atoms with Gasteiger partial charge in [0.05, 0.1) is 6.61 Å². The number of aliphatic hydroxyl groups excluding tert-OH is 5. The fourth-order valence-corrected chi connectivity index (χ4v) is 8.49. The lowest BCUT2D eigenvalue weighted by Gasteiger charge is -2.41. The van der Waals surface area contributed by atoms with Crippen molar-refractivity contribution in [1.29, 1.82) is 0 Å². The highest BCUT2D eigenvalue weighted by molar-refractivity contribution is 7.47. The number of esters is 2. The number of hydrogen-bond acceptors (Lipinski definition) is 12. The first-order chi connectivity index (χ1) is 33.4. The van der Waals surface area contributed by atoms with Crippen LogP contribution in [0.2, 0.25) is 0 Å². The lowest BCUT2D eigenvalue weighted by Crippen LogP contribution is -2.64. The van der Waals surface area contributed by atoms with Gasteiger partial charge < -0.3 is 39.9 Å². The quantitative estimate of drug-likeness (QED) is 0.0146. The zero-order valence-electron chi connectivity index (χ0n) is 42.3. The zero-order valence-corrected chi connectivity index (χ0v) is 43.2. The molecule has 0 radical (unpaired) electrons. The first-order valence-corrected chi connectivity index (χ1v) is 27.9. The molecule has 0 heterocycles.